The van der Waals surface area contributed by atoms with Gasteiger partial charge in [-0.15, -0.1) is 10.2 Å². The molecule has 0 aliphatic carbocycles. The number of aromatic nitrogens is 3. The van der Waals surface area contributed by atoms with E-state index >= 15 is 0 Å². The molecule has 0 spiro atoms. The smallest absolute Gasteiger partial charge is 0.409 e. The zero-order valence-electron chi connectivity index (χ0n) is 15.7. The second kappa shape index (κ2) is 7.29. The maximum Gasteiger partial charge on any atom is 0.409 e. The van der Waals surface area contributed by atoms with Crippen molar-refractivity contribution in [2.24, 2.45) is 4.99 Å². The standard InChI is InChI=1S/C20H16F3N5O2/c1-12-25-26-18-17(27(19(29)30)11-20(21,22)23)24-16(13-7-3-2-4-8-13)14-9-5-6-10-15(14)28(12)18/h2-10,17H,11H2,1H3,(H,29,30). The molecule has 4 rings (SSSR count). The maximum absolute atomic E-state index is 13.2. The van der Waals surface area contributed by atoms with Crippen molar-refractivity contribution in [1.82, 2.24) is 19.7 Å². The second-order valence-corrected chi connectivity index (χ2v) is 6.70. The third kappa shape index (κ3) is 3.51. The summed E-state index contributed by atoms with van der Waals surface area (Å²) in [4.78, 5) is 16.5. The highest BCUT2D eigenvalue weighted by molar-refractivity contribution is 6.15. The largest absolute Gasteiger partial charge is 0.465 e. The number of benzene rings is 2. The summed E-state index contributed by atoms with van der Waals surface area (Å²) >= 11 is 0. The van der Waals surface area contributed by atoms with Crippen LogP contribution in [0.15, 0.2) is 59.6 Å². The fourth-order valence-electron chi connectivity index (χ4n) is 3.45. The summed E-state index contributed by atoms with van der Waals surface area (Å²) in [6.45, 7) is -0.0481. The molecule has 3 aromatic rings. The summed E-state index contributed by atoms with van der Waals surface area (Å²) in [6.07, 6.45) is -8.04. The van der Waals surface area contributed by atoms with Gasteiger partial charge in [-0.05, 0) is 13.0 Å². The number of carboxylic acid groups (broad SMARTS) is 1. The van der Waals surface area contributed by atoms with Gasteiger partial charge < -0.3 is 5.11 Å². The molecule has 10 heteroatoms. The van der Waals surface area contributed by atoms with Crippen LogP contribution in [0.1, 0.15) is 28.9 Å². The summed E-state index contributed by atoms with van der Waals surface area (Å²) in [5.41, 5.74) is 2.25. The molecule has 1 amide bonds. The molecule has 1 aromatic heterocycles. The van der Waals surface area contributed by atoms with E-state index in [1.54, 1.807) is 66.1 Å². The van der Waals surface area contributed by atoms with E-state index in [2.05, 4.69) is 15.2 Å². The summed E-state index contributed by atoms with van der Waals surface area (Å²) < 4.78 is 41.1. The molecule has 0 bridgehead atoms. The highest BCUT2D eigenvalue weighted by Crippen LogP contribution is 2.34. The number of alkyl halides is 3. The number of aryl methyl sites for hydroxylation is 1. The number of nitrogens with zero attached hydrogens (tertiary/aromatic N) is 5. The molecule has 1 atom stereocenters. The summed E-state index contributed by atoms with van der Waals surface area (Å²) in [7, 11) is 0. The van der Waals surface area contributed by atoms with E-state index in [0.717, 1.165) is 0 Å². The quantitative estimate of drug-likeness (QED) is 0.702. The molecule has 0 saturated carbocycles. The average Bonchev–Trinajstić information content (AvgIpc) is 3.01. The molecule has 2 heterocycles. The zero-order chi connectivity index (χ0) is 21.5. The van der Waals surface area contributed by atoms with E-state index in [1.165, 1.54) is 0 Å². The van der Waals surface area contributed by atoms with Crippen LogP contribution in [-0.4, -0.2) is 49.3 Å². The third-order valence-corrected chi connectivity index (χ3v) is 4.67. The van der Waals surface area contributed by atoms with Crippen molar-refractivity contribution >= 4 is 11.8 Å². The van der Waals surface area contributed by atoms with Crippen LogP contribution < -0.4 is 0 Å². The fourth-order valence-corrected chi connectivity index (χ4v) is 3.45. The van der Waals surface area contributed by atoms with Crippen molar-refractivity contribution in [3.8, 4) is 5.69 Å². The first-order valence-electron chi connectivity index (χ1n) is 8.97. The summed E-state index contributed by atoms with van der Waals surface area (Å²) in [5, 5.41) is 17.5. The van der Waals surface area contributed by atoms with Gasteiger partial charge >= 0.3 is 12.3 Å². The minimum Gasteiger partial charge on any atom is -0.465 e. The molecule has 0 fully saturated rings. The first kappa shape index (κ1) is 19.6. The van der Waals surface area contributed by atoms with E-state index < -0.39 is 25.0 Å². The molecular formula is C20H16F3N5O2. The average molecular weight is 415 g/mol. The number of fused-ring (bicyclic) bond motifs is 3. The van der Waals surface area contributed by atoms with Crippen molar-refractivity contribution in [3.63, 3.8) is 0 Å². The Morgan fingerprint density at radius 1 is 1.10 bits per heavy atom. The molecule has 154 valence electrons. The van der Waals surface area contributed by atoms with Gasteiger partial charge in [-0.25, -0.2) is 4.79 Å². The number of amides is 1. The highest BCUT2D eigenvalue weighted by atomic mass is 19.4. The van der Waals surface area contributed by atoms with Gasteiger partial charge in [-0.2, -0.15) is 13.2 Å². The minimum atomic E-state index is -4.75. The van der Waals surface area contributed by atoms with Gasteiger partial charge in [0.15, 0.2) is 12.0 Å². The van der Waals surface area contributed by atoms with E-state index in [4.69, 9.17) is 0 Å². The van der Waals surface area contributed by atoms with Crippen LogP contribution >= 0.6 is 0 Å². The van der Waals surface area contributed by atoms with Crippen LogP contribution in [0.2, 0.25) is 0 Å². The lowest BCUT2D eigenvalue weighted by molar-refractivity contribution is -0.146. The monoisotopic (exact) mass is 415 g/mol. The van der Waals surface area contributed by atoms with E-state index in [9.17, 15) is 23.1 Å². The molecule has 2 aromatic carbocycles. The maximum atomic E-state index is 13.2. The van der Waals surface area contributed by atoms with Crippen LogP contribution in [0.3, 0.4) is 0 Å². The first-order valence-corrected chi connectivity index (χ1v) is 8.97. The van der Waals surface area contributed by atoms with Crippen LogP contribution in [0.25, 0.3) is 5.69 Å². The molecule has 1 aliphatic heterocycles. The number of para-hydroxylation sites is 1. The second-order valence-electron chi connectivity index (χ2n) is 6.70. The molecule has 30 heavy (non-hydrogen) atoms. The topological polar surface area (TPSA) is 83.6 Å². The molecule has 1 aliphatic rings. The van der Waals surface area contributed by atoms with Crippen molar-refractivity contribution in [2.45, 2.75) is 19.3 Å². The number of carbonyl (C=O) groups is 1. The Hall–Kier alpha value is -3.69. The third-order valence-electron chi connectivity index (χ3n) is 4.67. The Morgan fingerprint density at radius 2 is 1.77 bits per heavy atom. The molecule has 1 unspecified atom stereocenters. The predicted molar refractivity (Wildman–Crippen MR) is 102 cm³/mol. The van der Waals surface area contributed by atoms with Crippen LogP contribution in [0.4, 0.5) is 18.0 Å². The summed E-state index contributed by atoms with van der Waals surface area (Å²) in [5.74, 6) is 0.404. The lowest BCUT2D eigenvalue weighted by Crippen LogP contribution is -2.41. The minimum absolute atomic E-state index is 0.00229. The predicted octanol–water partition coefficient (Wildman–Crippen LogP) is 3.97. The number of aliphatic imine (C=N–C) groups is 1. The molecule has 0 radical (unpaired) electrons. The highest BCUT2D eigenvalue weighted by Gasteiger charge is 2.40. The Kier molecular flexibility index (Phi) is 4.76. The number of hydrogen-bond donors (Lipinski definition) is 1. The van der Waals surface area contributed by atoms with E-state index in [0.29, 0.717) is 28.4 Å². The van der Waals surface area contributed by atoms with Gasteiger partial charge in [0, 0.05) is 11.1 Å². The van der Waals surface area contributed by atoms with E-state index in [1.807, 2.05) is 0 Å². The zero-order valence-corrected chi connectivity index (χ0v) is 15.7. The molecule has 0 saturated heterocycles. The Bertz CT molecular complexity index is 1120. The van der Waals surface area contributed by atoms with Gasteiger partial charge in [0.25, 0.3) is 0 Å². The lowest BCUT2D eigenvalue weighted by Gasteiger charge is -2.26. The van der Waals surface area contributed by atoms with Gasteiger partial charge in [0.05, 0.1) is 11.4 Å². The Morgan fingerprint density at radius 3 is 2.43 bits per heavy atom. The molecule has 1 N–H and O–H groups in total. The SMILES string of the molecule is Cc1nnc2n1-c1ccccc1C(c1ccccc1)=NC2N(CC(F)(F)F)C(=O)O. The van der Waals surface area contributed by atoms with Gasteiger partial charge in [0.1, 0.15) is 12.4 Å². The van der Waals surface area contributed by atoms with Crippen LogP contribution in [0.5, 0.6) is 0 Å². The Balaban J connectivity index is 2.00. The van der Waals surface area contributed by atoms with Crippen LogP contribution in [-0.2, 0) is 0 Å². The van der Waals surface area contributed by atoms with Crippen molar-refractivity contribution in [2.75, 3.05) is 6.54 Å². The number of rotatable bonds is 3. The number of hydrogen-bond acceptors (Lipinski definition) is 4. The van der Waals surface area contributed by atoms with Gasteiger partial charge in [-0.3, -0.25) is 14.5 Å². The first-order chi connectivity index (χ1) is 14.3. The van der Waals surface area contributed by atoms with E-state index in [-0.39, 0.29) is 10.7 Å². The van der Waals surface area contributed by atoms with Crippen molar-refractivity contribution < 1.29 is 23.1 Å². The number of halogens is 3. The van der Waals surface area contributed by atoms with Gasteiger partial charge in [0.2, 0.25) is 0 Å². The molecular weight excluding hydrogens is 399 g/mol. The van der Waals surface area contributed by atoms with Crippen molar-refractivity contribution in [1.29, 1.82) is 0 Å². The Labute approximate surface area is 169 Å². The summed E-state index contributed by atoms with van der Waals surface area (Å²) in [6, 6.07) is 16.0. The normalized spacial score (nSPS) is 15.6. The van der Waals surface area contributed by atoms with Gasteiger partial charge in [-0.1, -0.05) is 48.5 Å². The molecule has 7 nitrogen and oxygen atoms in total. The van der Waals surface area contributed by atoms with Crippen molar-refractivity contribution in [3.05, 3.63) is 77.4 Å². The van der Waals surface area contributed by atoms with Crippen LogP contribution in [0, 0.1) is 6.92 Å². The fraction of sp³-hybridized carbons (Fsp3) is 0.200. The lowest BCUT2D eigenvalue weighted by atomic mass is 10.0.